The summed E-state index contributed by atoms with van der Waals surface area (Å²) in [6, 6.07) is 9.38. The molecule has 0 bridgehead atoms. The normalized spacial score (nSPS) is 14.7. The quantitative estimate of drug-likeness (QED) is 0.816. The van der Waals surface area contributed by atoms with Crippen molar-refractivity contribution in [2.24, 2.45) is 0 Å². The Bertz CT molecular complexity index is 455. The van der Waals surface area contributed by atoms with Gasteiger partial charge in [0, 0.05) is 14.2 Å². The molecule has 0 radical (unpaired) electrons. The highest BCUT2D eigenvalue weighted by Crippen LogP contribution is 2.51. The maximum absolute atomic E-state index is 12.1. The number of benzene rings is 1. The third-order valence-corrected chi connectivity index (χ3v) is 5.22. The van der Waals surface area contributed by atoms with Crippen LogP contribution in [-0.2, 0) is 18.4 Å². The zero-order valence-corrected chi connectivity index (χ0v) is 12.5. The highest BCUT2D eigenvalue weighted by atomic mass is 31.2. The number of nitrogens with one attached hydrogen (secondary N) is 1. The molecule has 1 unspecified atom stereocenters. The van der Waals surface area contributed by atoms with Crippen molar-refractivity contribution in [2.45, 2.75) is 25.5 Å². The van der Waals surface area contributed by atoms with Crippen LogP contribution in [-0.4, -0.2) is 25.8 Å². The second kappa shape index (κ2) is 6.85. The van der Waals surface area contributed by atoms with E-state index in [0.717, 1.165) is 5.56 Å². The van der Waals surface area contributed by atoms with E-state index in [4.69, 9.17) is 9.05 Å². The molecule has 1 aromatic carbocycles. The number of hydrogen-bond donors (Lipinski definition) is 1. The van der Waals surface area contributed by atoms with Crippen LogP contribution in [0.1, 0.15) is 25.5 Å². The van der Waals surface area contributed by atoms with Crippen molar-refractivity contribution in [1.82, 2.24) is 5.32 Å². The molecule has 0 aliphatic heterocycles. The van der Waals surface area contributed by atoms with Crippen LogP contribution in [0.4, 0.5) is 0 Å². The monoisotopic (exact) mass is 285 g/mol. The second-order valence-electron chi connectivity index (χ2n) is 4.22. The molecule has 5 nitrogen and oxygen atoms in total. The lowest BCUT2D eigenvalue weighted by atomic mass is 10.1. The Morgan fingerprint density at radius 2 is 1.68 bits per heavy atom. The van der Waals surface area contributed by atoms with E-state index >= 15 is 0 Å². The van der Waals surface area contributed by atoms with Gasteiger partial charge in [0.2, 0.25) is 5.91 Å². The largest absolute Gasteiger partial charge is 0.349 e. The van der Waals surface area contributed by atoms with Gasteiger partial charge in [-0.15, -0.1) is 0 Å². The Hall–Kier alpha value is -1.16. The average Bonchev–Trinajstić information content (AvgIpc) is 2.46. The lowest BCUT2D eigenvalue weighted by Gasteiger charge is -2.22. The number of rotatable bonds is 6. The summed E-state index contributed by atoms with van der Waals surface area (Å²) < 4.78 is 21.8. The summed E-state index contributed by atoms with van der Waals surface area (Å²) in [6.45, 7) is 3.39. The highest BCUT2D eigenvalue weighted by molar-refractivity contribution is 7.55. The van der Waals surface area contributed by atoms with Gasteiger partial charge in [0.25, 0.3) is 0 Å². The van der Waals surface area contributed by atoms with Crippen molar-refractivity contribution >= 4 is 13.5 Å². The topological polar surface area (TPSA) is 64.6 Å². The third kappa shape index (κ3) is 3.90. The molecule has 1 aromatic rings. The summed E-state index contributed by atoms with van der Waals surface area (Å²) in [6.07, 6.45) is 0. The highest BCUT2D eigenvalue weighted by Gasteiger charge is 2.36. The van der Waals surface area contributed by atoms with Gasteiger partial charge in [-0.05, 0) is 19.4 Å². The minimum atomic E-state index is -3.39. The van der Waals surface area contributed by atoms with Gasteiger partial charge in [-0.3, -0.25) is 9.36 Å². The van der Waals surface area contributed by atoms with Gasteiger partial charge in [0.05, 0.1) is 6.04 Å². The first-order chi connectivity index (χ1) is 8.94. The van der Waals surface area contributed by atoms with E-state index in [1.165, 1.54) is 21.1 Å². The van der Waals surface area contributed by atoms with Gasteiger partial charge in [-0.25, -0.2) is 0 Å². The fourth-order valence-corrected chi connectivity index (χ4v) is 2.84. The molecule has 19 heavy (non-hydrogen) atoms. The zero-order chi connectivity index (χ0) is 14.5. The van der Waals surface area contributed by atoms with E-state index in [1.807, 2.05) is 37.3 Å². The molecule has 1 N–H and O–H groups in total. The molecule has 0 saturated carbocycles. The summed E-state index contributed by atoms with van der Waals surface area (Å²) in [5.74, 6) is -0.358. The van der Waals surface area contributed by atoms with E-state index in [2.05, 4.69) is 5.32 Å². The van der Waals surface area contributed by atoms with E-state index in [1.54, 1.807) is 0 Å². The van der Waals surface area contributed by atoms with Crippen molar-refractivity contribution in [3.63, 3.8) is 0 Å². The van der Waals surface area contributed by atoms with Crippen LogP contribution in [0, 0.1) is 0 Å². The minimum Gasteiger partial charge on any atom is -0.349 e. The maximum Gasteiger partial charge on any atom is 0.342 e. The standard InChI is InChI=1S/C13H20NO4P/c1-10(12-8-6-5-7-9-12)14-13(15)11(2)19(16,17-3)18-4/h5-11H,1-4H3,(H,14,15)/t10-,11?/m1/s1. The van der Waals surface area contributed by atoms with Gasteiger partial charge >= 0.3 is 7.60 Å². The molecule has 0 aromatic heterocycles. The summed E-state index contributed by atoms with van der Waals surface area (Å²) in [5.41, 5.74) is 0.126. The lowest BCUT2D eigenvalue weighted by molar-refractivity contribution is -0.121. The van der Waals surface area contributed by atoms with Crippen molar-refractivity contribution in [2.75, 3.05) is 14.2 Å². The summed E-state index contributed by atoms with van der Waals surface area (Å²) in [5, 5.41) is 2.80. The summed E-state index contributed by atoms with van der Waals surface area (Å²) >= 11 is 0. The molecular weight excluding hydrogens is 265 g/mol. The molecule has 0 aliphatic rings. The van der Waals surface area contributed by atoms with Crippen LogP contribution in [0.25, 0.3) is 0 Å². The first-order valence-corrected chi connectivity index (χ1v) is 7.62. The molecular formula is C13H20NO4P. The fraction of sp³-hybridized carbons (Fsp3) is 0.462. The molecule has 6 heteroatoms. The summed E-state index contributed by atoms with van der Waals surface area (Å²) in [7, 11) is -0.843. The Balaban J connectivity index is 2.72. The van der Waals surface area contributed by atoms with Gasteiger partial charge in [-0.1, -0.05) is 30.3 Å². The van der Waals surface area contributed by atoms with Crippen LogP contribution in [0.15, 0.2) is 30.3 Å². The predicted octanol–water partition coefficient (Wildman–Crippen LogP) is 2.74. The molecule has 0 fully saturated rings. The van der Waals surface area contributed by atoms with Crippen molar-refractivity contribution in [3.8, 4) is 0 Å². The molecule has 1 rings (SSSR count). The number of carbonyl (C=O) groups is 1. The van der Waals surface area contributed by atoms with Gasteiger partial charge in [0.1, 0.15) is 5.66 Å². The molecule has 2 atom stereocenters. The second-order valence-corrected chi connectivity index (χ2v) is 6.81. The van der Waals surface area contributed by atoms with Gasteiger partial charge in [0.15, 0.2) is 0 Å². The first-order valence-electron chi connectivity index (χ1n) is 6.01. The number of carbonyl (C=O) groups excluding carboxylic acids is 1. The summed E-state index contributed by atoms with van der Waals surface area (Å²) in [4.78, 5) is 12.0. The Morgan fingerprint density at radius 3 is 2.16 bits per heavy atom. The molecule has 0 heterocycles. The molecule has 1 amide bonds. The maximum atomic E-state index is 12.1. The number of amides is 1. The van der Waals surface area contributed by atoms with E-state index < -0.39 is 13.3 Å². The van der Waals surface area contributed by atoms with Crippen molar-refractivity contribution in [1.29, 1.82) is 0 Å². The van der Waals surface area contributed by atoms with Crippen molar-refractivity contribution in [3.05, 3.63) is 35.9 Å². The Kier molecular flexibility index (Phi) is 5.73. The third-order valence-electron chi connectivity index (χ3n) is 3.02. The first kappa shape index (κ1) is 15.9. The molecule has 0 saturated heterocycles. The van der Waals surface area contributed by atoms with Crippen LogP contribution in [0.2, 0.25) is 0 Å². The fourth-order valence-electron chi connectivity index (χ4n) is 1.69. The average molecular weight is 285 g/mol. The van der Waals surface area contributed by atoms with E-state index in [-0.39, 0.29) is 11.9 Å². The molecule has 0 spiro atoms. The SMILES string of the molecule is COP(=O)(OC)C(C)C(=O)N[C@H](C)c1ccccc1. The minimum absolute atomic E-state index is 0.168. The van der Waals surface area contributed by atoms with Crippen LogP contribution >= 0.6 is 7.60 Å². The zero-order valence-electron chi connectivity index (χ0n) is 11.6. The van der Waals surface area contributed by atoms with Gasteiger partial charge < -0.3 is 14.4 Å². The Labute approximate surface area is 113 Å². The van der Waals surface area contributed by atoms with E-state index in [0.29, 0.717) is 0 Å². The smallest absolute Gasteiger partial charge is 0.342 e. The van der Waals surface area contributed by atoms with E-state index in [9.17, 15) is 9.36 Å². The lowest BCUT2D eigenvalue weighted by Crippen LogP contribution is -2.35. The molecule has 106 valence electrons. The number of hydrogen-bond acceptors (Lipinski definition) is 4. The van der Waals surface area contributed by atoms with Crippen LogP contribution in [0.5, 0.6) is 0 Å². The predicted molar refractivity (Wildman–Crippen MR) is 74.1 cm³/mol. The van der Waals surface area contributed by atoms with Crippen LogP contribution < -0.4 is 5.32 Å². The molecule has 0 aliphatic carbocycles. The Morgan fingerprint density at radius 1 is 1.16 bits per heavy atom. The van der Waals surface area contributed by atoms with Crippen molar-refractivity contribution < 1.29 is 18.4 Å². The van der Waals surface area contributed by atoms with Crippen LogP contribution in [0.3, 0.4) is 0 Å². The van der Waals surface area contributed by atoms with Gasteiger partial charge in [-0.2, -0.15) is 0 Å².